The van der Waals surface area contributed by atoms with Crippen molar-refractivity contribution < 1.29 is 4.79 Å². The first-order valence-corrected chi connectivity index (χ1v) is 7.02. The third-order valence-electron chi connectivity index (χ3n) is 2.79. The van der Waals surface area contributed by atoms with E-state index in [0.29, 0.717) is 5.92 Å². The Labute approximate surface area is 108 Å². The molecule has 0 spiro atoms. The maximum absolute atomic E-state index is 11.8. The molecular weight excluding hydrogens is 288 g/mol. The minimum atomic E-state index is 0.0469. The number of nitrogens with one attached hydrogen (secondary N) is 2. The van der Waals surface area contributed by atoms with Crippen molar-refractivity contribution in [2.75, 3.05) is 19.6 Å². The summed E-state index contributed by atoms with van der Waals surface area (Å²) in [7, 11) is 0. The highest BCUT2D eigenvalue weighted by Crippen LogP contribution is 2.27. The van der Waals surface area contributed by atoms with Crippen molar-refractivity contribution in [2.24, 2.45) is 5.92 Å². The van der Waals surface area contributed by atoms with Gasteiger partial charge in [0.25, 0.3) is 5.91 Å². The molecule has 3 nitrogen and oxygen atoms in total. The lowest BCUT2D eigenvalue weighted by atomic mass is 10.1. The van der Waals surface area contributed by atoms with Gasteiger partial charge in [-0.25, -0.2) is 0 Å². The van der Waals surface area contributed by atoms with Crippen LogP contribution in [0.5, 0.6) is 0 Å². The van der Waals surface area contributed by atoms with Gasteiger partial charge in [0.05, 0.1) is 8.66 Å². The third-order valence-corrected chi connectivity index (χ3v) is 4.93. The molecule has 2 heterocycles. The predicted molar refractivity (Wildman–Crippen MR) is 70.1 cm³/mol. The van der Waals surface area contributed by atoms with Gasteiger partial charge in [0.2, 0.25) is 0 Å². The molecule has 0 aromatic carbocycles. The van der Waals surface area contributed by atoms with E-state index in [1.807, 2.05) is 13.0 Å². The van der Waals surface area contributed by atoms with Gasteiger partial charge in [-0.15, -0.1) is 11.3 Å². The monoisotopic (exact) mass is 302 g/mol. The SMILES string of the molecule is Cc1cc(C(=O)NC[C@H]2CCNC2)sc1Br. The minimum Gasteiger partial charge on any atom is -0.351 e. The molecule has 0 saturated carbocycles. The fourth-order valence-corrected chi connectivity index (χ4v) is 3.24. The lowest BCUT2D eigenvalue weighted by Crippen LogP contribution is -2.29. The molecule has 2 rings (SSSR count). The molecule has 1 saturated heterocycles. The van der Waals surface area contributed by atoms with Crippen LogP contribution in [0.25, 0.3) is 0 Å². The molecule has 1 aliphatic heterocycles. The van der Waals surface area contributed by atoms with Crippen LogP contribution in [-0.4, -0.2) is 25.5 Å². The quantitative estimate of drug-likeness (QED) is 0.898. The minimum absolute atomic E-state index is 0.0469. The van der Waals surface area contributed by atoms with Gasteiger partial charge in [-0.1, -0.05) is 0 Å². The summed E-state index contributed by atoms with van der Waals surface area (Å²) >= 11 is 4.92. The Kier molecular flexibility index (Phi) is 4.00. The van der Waals surface area contributed by atoms with E-state index in [0.717, 1.165) is 40.3 Å². The van der Waals surface area contributed by atoms with Crippen molar-refractivity contribution in [3.05, 3.63) is 20.3 Å². The van der Waals surface area contributed by atoms with Crippen LogP contribution in [-0.2, 0) is 0 Å². The average Bonchev–Trinajstić information content (AvgIpc) is 2.86. The largest absolute Gasteiger partial charge is 0.351 e. The molecule has 16 heavy (non-hydrogen) atoms. The molecule has 1 amide bonds. The standard InChI is InChI=1S/C11H15BrN2OS/c1-7-4-9(16-10(7)12)11(15)14-6-8-2-3-13-5-8/h4,8,13H,2-3,5-6H2,1H3,(H,14,15)/t8-/m0/s1. The molecule has 0 bridgehead atoms. The van der Waals surface area contributed by atoms with E-state index in [-0.39, 0.29) is 5.91 Å². The third kappa shape index (κ3) is 2.84. The number of hydrogen-bond donors (Lipinski definition) is 2. The molecule has 5 heteroatoms. The molecule has 1 aliphatic rings. The van der Waals surface area contributed by atoms with E-state index < -0.39 is 0 Å². The molecular formula is C11H15BrN2OS. The Morgan fingerprint density at radius 3 is 3.12 bits per heavy atom. The summed E-state index contributed by atoms with van der Waals surface area (Å²) in [5.41, 5.74) is 1.12. The van der Waals surface area contributed by atoms with Crippen LogP contribution in [0.1, 0.15) is 21.7 Å². The Morgan fingerprint density at radius 1 is 1.75 bits per heavy atom. The number of amides is 1. The topological polar surface area (TPSA) is 41.1 Å². The number of carbonyl (C=O) groups excluding carboxylic acids is 1. The maximum Gasteiger partial charge on any atom is 0.261 e. The molecule has 1 aromatic rings. The number of thiophene rings is 1. The van der Waals surface area contributed by atoms with Crippen LogP contribution in [0.4, 0.5) is 0 Å². The number of hydrogen-bond acceptors (Lipinski definition) is 3. The summed E-state index contributed by atoms with van der Waals surface area (Å²) in [6, 6.07) is 1.93. The Morgan fingerprint density at radius 2 is 2.56 bits per heavy atom. The molecule has 0 aliphatic carbocycles. The number of carbonyl (C=O) groups is 1. The Hall–Kier alpha value is -0.390. The summed E-state index contributed by atoms with van der Waals surface area (Å²) < 4.78 is 1.04. The molecule has 0 radical (unpaired) electrons. The summed E-state index contributed by atoms with van der Waals surface area (Å²) in [6.07, 6.45) is 1.16. The fraction of sp³-hybridized carbons (Fsp3) is 0.545. The van der Waals surface area contributed by atoms with Crippen LogP contribution < -0.4 is 10.6 Å². The van der Waals surface area contributed by atoms with E-state index in [4.69, 9.17) is 0 Å². The van der Waals surface area contributed by atoms with Crippen LogP contribution in [0.2, 0.25) is 0 Å². The van der Waals surface area contributed by atoms with Gasteiger partial charge in [-0.2, -0.15) is 0 Å². The van der Waals surface area contributed by atoms with Gasteiger partial charge < -0.3 is 10.6 Å². The molecule has 1 aromatic heterocycles. The highest BCUT2D eigenvalue weighted by atomic mass is 79.9. The van der Waals surface area contributed by atoms with E-state index in [1.54, 1.807) is 0 Å². The Bertz CT molecular complexity index is 366. The number of aryl methyl sites for hydroxylation is 1. The van der Waals surface area contributed by atoms with E-state index in [2.05, 4.69) is 26.6 Å². The second-order valence-corrected chi connectivity index (χ2v) is 6.51. The zero-order valence-electron chi connectivity index (χ0n) is 9.18. The molecule has 1 fully saturated rings. The summed E-state index contributed by atoms with van der Waals surface area (Å²) in [5, 5.41) is 6.28. The fourth-order valence-electron chi connectivity index (χ4n) is 1.78. The summed E-state index contributed by atoms with van der Waals surface area (Å²) in [5.74, 6) is 0.638. The second kappa shape index (κ2) is 5.29. The first kappa shape index (κ1) is 12.1. The zero-order chi connectivity index (χ0) is 11.5. The number of rotatable bonds is 3. The van der Waals surface area contributed by atoms with E-state index >= 15 is 0 Å². The van der Waals surface area contributed by atoms with Crippen LogP contribution in [0, 0.1) is 12.8 Å². The van der Waals surface area contributed by atoms with Crippen molar-refractivity contribution in [1.29, 1.82) is 0 Å². The van der Waals surface area contributed by atoms with Crippen LogP contribution >= 0.6 is 27.3 Å². The van der Waals surface area contributed by atoms with Gasteiger partial charge >= 0.3 is 0 Å². The molecule has 0 unspecified atom stereocenters. The maximum atomic E-state index is 11.8. The highest BCUT2D eigenvalue weighted by molar-refractivity contribution is 9.11. The zero-order valence-corrected chi connectivity index (χ0v) is 11.6. The van der Waals surface area contributed by atoms with Crippen molar-refractivity contribution in [1.82, 2.24) is 10.6 Å². The van der Waals surface area contributed by atoms with Gasteiger partial charge in [-0.3, -0.25) is 4.79 Å². The van der Waals surface area contributed by atoms with E-state index in [1.165, 1.54) is 11.3 Å². The first-order valence-electron chi connectivity index (χ1n) is 5.41. The summed E-state index contributed by atoms with van der Waals surface area (Å²) in [6.45, 7) is 4.87. The average molecular weight is 303 g/mol. The highest BCUT2D eigenvalue weighted by Gasteiger charge is 2.16. The number of halogens is 1. The first-order chi connectivity index (χ1) is 7.66. The van der Waals surface area contributed by atoms with Gasteiger partial charge in [-0.05, 0) is 59.9 Å². The van der Waals surface area contributed by atoms with Gasteiger partial charge in [0, 0.05) is 6.54 Å². The molecule has 2 N–H and O–H groups in total. The normalized spacial score (nSPS) is 20.0. The van der Waals surface area contributed by atoms with Crippen molar-refractivity contribution in [2.45, 2.75) is 13.3 Å². The summed E-state index contributed by atoms with van der Waals surface area (Å²) in [4.78, 5) is 12.6. The smallest absolute Gasteiger partial charge is 0.261 e. The Balaban J connectivity index is 1.87. The van der Waals surface area contributed by atoms with Gasteiger partial charge in [0.15, 0.2) is 0 Å². The van der Waals surface area contributed by atoms with Crippen LogP contribution in [0.15, 0.2) is 9.85 Å². The van der Waals surface area contributed by atoms with Crippen molar-refractivity contribution in [3.63, 3.8) is 0 Å². The lowest BCUT2D eigenvalue weighted by Gasteiger charge is -2.08. The van der Waals surface area contributed by atoms with Gasteiger partial charge in [0.1, 0.15) is 0 Å². The van der Waals surface area contributed by atoms with Crippen molar-refractivity contribution >= 4 is 33.2 Å². The van der Waals surface area contributed by atoms with Crippen LogP contribution in [0.3, 0.4) is 0 Å². The van der Waals surface area contributed by atoms with Crippen molar-refractivity contribution in [3.8, 4) is 0 Å². The molecule has 1 atom stereocenters. The second-order valence-electron chi connectivity index (χ2n) is 4.14. The predicted octanol–water partition coefficient (Wildman–Crippen LogP) is 2.16. The van der Waals surface area contributed by atoms with E-state index in [9.17, 15) is 4.79 Å². The lowest BCUT2D eigenvalue weighted by molar-refractivity contribution is 0.0952. The molecule has 88 valence electrons.